The van der Waals surface area contributed by atoms with Gasteiger partial charge in [-0.3, -0.25) is 0 Å². The second-order valence-electron chi connectivity index (χ2n) is 18.6. The number of sulfone groups is 1. The normalized spacial score (nSPS) is 50.3. The van der Waals surface area contributed by atoms with E-state index in [1.165, 1.54) is 0 Å². The van der Waals surface area contributed by atoms with Crippen LogP contribution in [0.4, 0.5) is 0 Å². The molecule has 0 unspecified atom stereocenters. The van der Waals surface area contributed by atoms with Crippen molar-refractivity contribution in [1.82, 2.24) is 0 Å². The summed E-state index contributed by atoms with van der Waals surface area (Å²) in [6.07, 6.45) is -59.9. The van der Waals surface area contributed by atoms with Gasteiger partial charge in [-0.2, -0.15) is 0 Å². The molecule has 22 rings (SSSR count). The average Bonchev–Trinajstić information content (AvgIpc) is 3.40. The third-order valence-corrected chi connectivity index (χ3v) is 15.1. The molecule has 0 aromatic heterocycles. The molecule has 0 spiro atoms. The summed E-state index contributed by atoms with van der Waals surface area (Å²) >= 11 is 0. The highest BCUT2D eigenvalue weighted by Gasteiger charge is 2.59. The molecule has 436 valence electrons. The van der Waals surface area contributed by atoms with Crippen molar-refractivity contribution < 1.29 is 162 Å². The van der Waals surface area contributed by atoms with Crippen LogP contribution in [0, 0.1) is 0 Å². The van der Waals surface area contributed by atoms with E-state index in [1.807, 2.05) is 0 Å². The molecule has 22 heterocycles. The van der Waals surface area contributed by atoms with Crippen LogP contribution in [0.25, 0.3) is 0 Å². The minimum atomic E-state index is -3.73. The standard InChI is InChI=1S/C41H68O33S/c1-2-75(59,60)5-3-4-61-74-35-28(58)41-67-17(11-47)34(35)73-40-27(57)22(52)32(15(9-45)66-40)71-38-25(55)20(50)30(13(7-43)64-38)69-36-23(53)18(48)29(12(6-42)62-36)68-37-24(54)19(49)31(14(8-44)63-37)70-39-26(56)21(51)33(72-41)16(10-46)65-39/h2,12-58H,1,3-11H2/t12-,13-,14-,15-,16-,17-,18-,19-,20-,21-,22-,23-,24-,25-,26-,27-,28-,29-,30-,31-,32-,33-,34+,35-,36-,37-,38-,39-,40-,41-/m1/s1. The van der Waals surface area contributed by atoms with E-state index in [4.69, 9.17) is 66.6 Å². The summed E-state index contributed by atoms with van der Waals surface area (Å²) in [5.74, 6) is -0.474. The molecule has 33 nitrogen and oxygen atoms in total. The SMILES string of the molecule is C=CS(=O)(=O)CCCOO[C@@H]1[C@@H](O)[C@H]2O[C@H]3[C@H](O)[C@@H](O)[C@@H](O[C@H]4[C@H](O)[C@@H](O)[C@@H](O[C@H]5[C@H](O)[C@@H](O)[C@@H](O[C@H]6[C@H](O)[C@@H](O)[C@@H](O[C@H]7[C@H](O)[C@@H](O)[C@@H](O[C@H]1[C@@H](CO)O2)O[C@@H]7CO)O[C@@H]6CO)O[C@@H]5CO)O[C@@H]4CO)O[C@@H]3CO. The quantitative estimate of drug-likeness (QED) is 0.0463. The molecule has 22 saturated heterocycles. The Bertz CT molecular complexity index is 1880. The van der Waals surface area contributed by atoms with Gasteiger partial charge in [0.05, 0.1) is 52.0 Å². The van der Waals surface area contributed by atoms with Gasteiger partial charge in [0, 0.05) is 5.41 Å². The lowest BCUT2D eigenvalue weighted by molar-refractivity contribution is -0.430. The molecule has 34 heteroatoms. The first kappa shape index (κ1) is 61.1. The minimum Gasteiger partial charge on any atom is -0.394 e. The van der Waals surface area contributed by atoms with E-state index in [1.54, 1.807) is 0 Å². The predicted molar refractivity (Wildman–Crippen MR) is 229 cm³/mol. The van der Waals surface area contributed by atoms with Crippen LogP contribution in [0.3, 0.4) is 0 Å². The lowest BCUT2D eigenvalue weighted by Gasteiger charge is -2.50. The van der Waals surface area contributed by atoms with Gasteiger partial charge in [0.1, 0.15) is 140 Å². The van der Waals surface area contributed by atoms with E-state index in [0.717, 1.165) is 0 Å². The van der Waals surface area contributed by atoms with Gasteiger partial charge in [-0.05, 0) is 6.42 Å². The van der Waals surface area contributed by atoms with Crippen molar-refractivity contribution in [2.75, 3.05) is 52.0 Å². The molecule has 0 aromatic carbocycles. The number of aliphatic hydroxyl groups excluding tert-OH is 17. The van der Waals surface area contributed by atoms with Gasteiger partial charge in [0.15, 0.2) is 53.7 Å². The van der Waals surface area contributed by atoms with Gasteiger partial charge in [-0.1, -0.05) is 6.58 Å². The van der Waals surface area contributed by atoms with Crippen molar-refractivity contribution in [3.63, 3.8) is 0 Å². The van der Waals surface area contributed by atoms with E-state index < -0.39 is 246 Å². The summed E-state index contributed by atoms with van der Waals surface area (Å²) in [6.45, 7) is -3.49. The molecule has 22 fully saturated rings. The Hall–Kier alpha value is -1.55. The molecule has 75 heavy (non-hydrogen) atoms. The average molecular weight is 1120 g/mol. The van der Waals surface area contributed by atoms with Crippen LogP contribution < -0.4 is 0 Å². The highest BCUT2D eigenvalue weighted by Crippen LogP contribution is 2.38. The lowest BCUT2D eigenvalue weighted by atomic mass is 9.94. The second-order valence-corrected chi connectivity index (χ2v) is 20.7. The molecular formula is C41H68O33S. The smallest absolute Gasteiger partial charge is 0.187 e. The fourth-order valence-electron chi connectivity index (χ4n) is 9.55. The number of aliphatic hydroxyl groups is 17. The molecule has 0 aliphatic carbocycles. The molecule has 17 N–H and O–H groups in total. The monoisotopic (exact) mass is 1120 g/mol. The van der Waals surface area contributed by atoms with E-state index in [0.29, 0.717) is 5.41 Å². The van der Waals surface area contributed by atoms with Crippen molar-refractivity contribution in [3.05, 3.63) is 12.0 Å². The molecule has 0 aromatic rings. The summed E-state index contributed by atoms with van der Waals surface area (Å²) in [6, 6.07) is 0. The van der Waals surface area contributed by atoms with Crippen LogP contribution in [-0.2, 0) is 76.5 Å². The van der Waals surface area contributed by atoms with Gasteiger partial charge in [0.25, 0.3) is 0 Å². The Morgan fingerprint density at radius 2 is 0.600 bits per heavy atom. The second kappa shape index (κ2) is 26.4. The Kier molecular flexibility index (Phi) is 21.5. The number of rotatable bonds is 13. The maximum Gasteiger partial charge on any atom is 0.187 e. The molecule has 0 amide bonds. The Morgan fingerprint density at radius 3 is 0.853 bits per heavy atom. The molecule has 30 atom stereocenters. The van der Waals surface area contributed by atoms with Crippen LogP contribution in [0.5, 0.6) is 0 Å². The van der Waals surface area contributed by atoms with Gasteiger partial charge < -0.3 is 144 Å². The van der Waals surface area contributed by atoms with Gasteiger partial charge in [-0.15, -0.1) is 0 Å². The van der Waals surface area contributed by atoms with Crippen LogP contribution in [-0.4, -0.2) is 331 Å². The molecule has 22 aliphatic heterocycles. The van der Waals surface area contributed by atoms with E-state index in [-0.39, 0.29) is 6.42 Å². The first-order chi connectivity index (χ1) is 35.7. The van der Waals surface area contributed by atoms with Crippen molar-refractivity contribution in [2.24, 2.45) is 0 Å². The van der Waals surface area contributed by atoms with Crippen LogP contribution in [0.15, 0.2) is 12.0 Å². The highest BCUT2D eigenvalue weighted by molar-refractivity contribution is 7.94. The highest BCUT2D eigenvalue weighted by atomic mass is 32.2. The molecule has 0 radical (unpaired) electrons. The molecule has 12 bridgehead atoms. The summed E-state index contributed by atoms with van der Waals surface area (Å²) in [5.41, 5.74) is 0. The number of hydrogen-bond donors (Lipinski definition) is 17. The fraction of sp³-hybridized carbons (Fsp3) is 0.951. The summed E-state index contributed by atoms with van der Waals surface area (Å²) in [4.78, 5) is 10.7. The van der Waals surface area contributed by atoms with E-state index in [2.05, 4.69) is 6.58 Å². The lowest BCUT2D eigenvalue weighted by Crippen LogP contribution is -2.69. The zero-order chi connectivity index (χ0) is 54.8. The van der Waals surface area contributed by atoms with E-state index >= 15 is 0 Å². The third-order valence-electron chi connectivity index (χ3n) is 13.7. The maximum absolute atomic E-state index is 12.0. The van der Waals surface area contributed by atoms with Crippen molar-refractivity contribution in [2.45, 2.75) is 191 Å². The summed E-state index contributed by atoms with van der Waals surface area (Å²) in [7, 11) is -3.73. The Labute approximate surface area is 425 Å². The zero-order valence-electron chi connectivity index (χ0n) is 39.5. The zero-order valence-corrected chi connectivity index (χ0v) is 40.3. The molecular weight excluding hydrogens is 1050 g/mol. The number of hydrogen-bond acceptors (Lipinski definition) is 33. The first-order valence-electron chi connectivity index (χ1n) is 23.8. The first-order valence-corrected chi connectivity index (χ1v) is 25.5. The van der Waals surface area contributed by atoms with Crippen LogP contribution >= 0.6 is 0 Å². The summed E-state index contributed by atoms with van der Waals surface area (Å²) < 4.78 is 93.0. The molecule has 0 saturated carbocycles. The Balaban J connectivity index is 1.21. The third kappa shape index (κ3) is 13.0. The minimum absolute atomic E-state index is 0.211. The van der Waals surface area contributed by atoms with Crippen molar-refractivity contribution in [3.8, 4) is 0 Å². The number of ether oxygens (including phenoxy) is 12. The fourth-order valence-corrected chi connectivity index (χ4v) is 10.2. The van der Waals surface area contributed by atoms with Crippen molar-refractivity contribution >= 4 is 9.84 Å². The van der Waals surface area contributed by atoms with Gasteiger partial charge >= 0.3 is 0 Å². The van der Waals surface area contributed by atoms with Crippen LogP contribution in [0.2, 0.25) is 0 Å². The van der Waals surface area contributed by atoms with E-state index in [9.17, 15) is 95.2 Å². The van der Waals surface area contributed by atoms with Gasteiger partial charge in [-0.25, -0.2) is 18.2 Å². The predicted octanol–water partition coefficient (Wildman–Crippen LogP) is -12.2. The Morgan fingerprint density at radius 1 is 0.360 bits per heavy atom. The van der Waals surface area contributed by atoms with Crippen molar-refractivity contribution in [1.29, 1.82) is 0 Å². The van der Waals surface area contributed by atoms with Gasteiger partial charge in [0.2, 0.25) is 0 Å². The van der Waals surface area contributed by atoms with Crippen LogP contribution in [0.1, 0.15) is 6.42 Å². The topological polar surface area (TPSA) is 507 Å². The molecule has 22 aliphatic rings. The maximum atomic E-state index is 12.0. The summed E-state index contributed by atoms with van der Waals surface area (Å²) in [5, 5.41) is 188. The largest absolute Gasteiger partial charge is 0.394 e.